The van der Waals surface area contributed by atoms with Gasteiger partial charge in [-0.25, -0.2) is 4.99 Å². The van der Waals surface area contributed by atoms with Gasteiger partial charge in [-0.05, 0) is 51.8 Å². The Morgan fingerprint density at radius 3 is 2.76 bits per heavy atom. The fraction of sp³-hybridized carbons (Fsp3) is 0.632. The highest BCUT2D eigenvalue weighted by atomic mass is 79.9. The van der Waals surface area contributed by atoms with Crippen LogP contribution in [-0.4, -0.2) is 55.7 Å². The standard InChI is InChI=1S/C19H31BrN4O/c1-4-21-19(23-17-8-11-24(12-9-17)15(2)3)22-10-13-25-18-7-5-6-16(20)14-18/h5-7,14-15,17H,4,8-13H2,1-3H3,(H2,21,22,23). The molecule has 0 aromatic heterocycles. The number of benzene rings is 1. The maximum Gasteiger partial charge on any atom is 0.191 e. The molecule has 0 atom stereocenters. The van der Waals surface area contributed by atoms with Gasteiger partial charge in [0.2, 0.25) is 0 Å². The zero-order chi connectivity index (χ0) is 18.1. The van der Waals surface area contributed by atoms with E-state index in [0.717, 1.165) is 48.7 Å². The van der Waals surface area contributed by atoms with E-state index in [2.05, 4.69) is 57.2 Å². The molecule has 1 heterocycles. The van der Waals surface area contributed by atoms with Crippen LogP contribution in [0.3, 0.4) is 0 Å². The molecular weight excluding hydrogens is 380 g/mol. The molecule has 6 heteroatoms. The molecule has 1 saturated heterocycles. The third-order valence-electron chi connectivity index (χ3n) is 4.37. The average molecular weight is 411 g/mol. The number of aliphatic imine (C=N–C) groups is 1. The normalized spacial score (nSPS) is 16.9. The predicted molar refractivity (Wildman–Crippen MR) is 108 cm³/mol. The maximum atomic E-state index is 5.75. The minimum absolute atomic E-state index is 0.499. The van der Waals surface area contributed by atoms with Crippen LogP contribution in [0.5, 0.6) is 5.75 Å². The number of guanidine groups is 1. The molecule has 25 heavy (non-hydrogen) atoms. The SMILES string of the molecule is CCNC(=NCCOc1cccc(Br)c1)NC1CCN(C(C)C)CC1. The molecule has 0 amide bonds. The lowest BCUT2D eigenvalue weighted by atomic mass is 10.0. The van der Waals surface area contributed by atoms with E-state index in [1.807, 2.05) is 24.3 Å². The topological polar surface area (TPSA) is 48.9 Å². The van der Waals surface area contributed by atoms with E-state index in [1.165, 1.54) is 0 Å². The van der Waals surface area contributed by atoms with Gasteiger partial charge in [0, 0.05) is 36.2 Å². The van der Waals surface area contributed by atoms with Crippen LogP contribution in [-0.2, 0) is 0 Å². The highest BCUT2D eigenvalue weighted by Gasteiger charge is 2.21. The van der Waals surface area contributed by atoms with E-state index in [9.17, 15) is 0 Å². The summed E-state index contributed by atoms with van der Waals surface area (Å²) in [7, 11) is 0. The van der Waals surface area contributed by atoms with E-state index in [0.29, 0.717) is 25.2 Å². The van der Waals surface area contributed by atoms with Gasteiger partial charge in [0.15, 0.2) is 5.96 Å². The first-order valence-electron chi connectivity index (χ1n) is 9.25. The van der Waals surface area contributed by atoms with E-state index in [-0.39, 0.29) is 0 Å². The number of likely N-dealkylation sites (tertiary alicyclic amines) is 1. The van der Waals surface area contributed by atoms with Crippen LogP contribution >= 0.6 is 15.9 Å². The van der Waals surface area contributed by atoms with Crippen molar-refractivity contribution in [3.05, 3.63) is 28.7 Å². The fourth-order valence-corrected chi connectivity index (χ4v) is 3.33. The number of piperidine rings is 1. The quantitative estimate of drug-likeness (QED) is 0.411. The predicted octanol–water partition coefficient (Wildman–Crippen LogP) is 3.26. The summed E-state index contributed by atoms with van der Waals surface area (Å²) < 4.78 is 6.77. The summed E-state index contributed by atoms with van der Waals surface area (Å²) in [4.78, 5) is 7.18. The van der Waals surface area contributed by atoms with Crippen molar-refractivity contribution in [2.75, 3.05) is 32.8 Å². The first-order valence-corrected chi connectivity index (χ1v) is 10.0. The second kappa shape index (κ2) is 10.7. The molecule has 140 valence electrons. The van der Waals surface area contributed by atoms with Crippen molar-refractivity contribution in [3.8, 4) is 5.75 Å². The maximum absolute atomic E-state index is 5.75. The summed E-state index contributed by atoms with van der Waals surface area (Å²) in [5.41, 5.74) is 0. The molecule has 1 aromatic carbocycles. The van der Waals surface area contributed by atoms with E-state index in [4.69, 9.17) is 4.74 Å². The molecule has 1 aliphatic heterocycles. The first-order chi connectivity index (χ1) is 12.1. The van der Waals surface area contributed by atoms with Crippen molar-refractivity contribution in [2.24, 2.45) is 4.99 Å². The molecule has 0 saturated carbocycles. The third-order valence-corrected chi connectivity index (χ3v) is 4.86. The number of nitrogens with zero attached hydrogens (tertiary/aromatic N) is 2. The van der Waals surface area contributed by atoms with Crippen molar-refractivity contribution in [1.29, 1.82) is 0 Å². The van der Waals surface area contributed by atoms with Crippen molar-refractivity contribution < 1.29 is 4.74 Å². The second-order valence-electron chi connectivity index (χ2n) is 6.61. The van der Waals surface area contributed by atoms with Crippen LogP contribution in [0, 0.1) is 0 Å². The molecule has 2 N–H and O–H groups in total. The Labute approximate surface area is 160 Å². The summed E-state index contributed by atoms with van der Waals surface area (Å²) in [6.45, 7) is 11.0. The van der Waals surface area contributed by atoms with Gasteiger partial charge >= 0.3 is 0 Å². The lowest BCUT2D eigenvalue weighted by Crippen LogP contribution is -2.50. The molecule has 1 aliphatic rings. The summed E-state index contributed by atoms with van der Waals surface area (Å²) >= 11 is 3.45. The number of hydrogen-bond acceptors (Lipinski definition) is 3. The van der Waals surface area contributed by atoms with Crippen molar-refractivity contribution in [2.45, 2.75) is 45.7 Å². The van der Waals surface area contributed by atoms with Crippen LogP contribution in [0.25, 0.3) is 0 Å². The summed E-state index contributed by atoms with van der Waals surface area (Å²) in [6, 6.07) is 9.02. The monoisotopic (exact) mass is 410 g/mol. The highest BCUT2D eigenvalue weighted by Crippen LogP contribution is 2.17. The van der Waals surface area contributed by atoms with Gasteiger partial charge in [-0.3, -0.25) is 0 Å². The molecule has 1 fully saturated rings. The van der Waals surface area contributed by atoms with Crippen molar-refractivity contribution >= 4 is 21.9 Å². The van der Waals surface area contributed by atoms with Gasteiger partial charge < -0.3 is 20.3 Å². The highest BCUT2D eigenvalue weighted by molar-refractivity contribution is 9.10. The Bertz CT molecular complexity index is 542. The van der Waals surface area contributed by atoms with E-state index >= 15 is 0 Å². The Hall–Kier alpha value is -1.27. The molecule has 0 aliphatic carbocycles. The minimum Gasteiger partial charge on any atom is -0.492 e. The second-order valence-corrected chi connectivity index (χ2v) is 7.53. The van der Waals surface area contributed by atoms with Crippen LogP contribution in [0.2, 0.25) is 0 Å². The Morgan fingerprint density at radius 2 is 2.12 bits per heavy atom. The summed E-state index contributed by atoms with van der Waals surface area (Å²) in [5, 5.41) is 6.91. The Balaban J connectivity index is 1.76. The van der Waals surface area contributed by atoms with Crippen molar-refractivity contribution in [1.82, 2.24) is 15.5 Å². The smallest absolute Gasteiger partial charge is 0.191 e. The van der Waals surface area contributed by atoms with Crippen LogP contribution in [0.1, 0.15) is 33.6 Å². The lowest BCUT2D eigenvalue weighted by molar-refractivity contribution is 0.167. The Morgan fingerprint density at radius 1 is 1.36 bits per heavy atom. The summed E-state index contributed by atoms with van der Waals surface area (Å²) in [5.74, 6) is 1.76. The van der Waals surface area contributed by atoms with Gasteiger partial charge in [-0.2, -0.15) is 0 Å². The van der Waals surface area contributed by atoms with E-state index < -0.39 is 0 Å². The van der Waals surface area contributed by atoms with Crippen LogP contribution in [0.4, 0.5) is 0 Å². The largest absolute Gasteiger partial charge is 0.492 e. The molecule has 0 radical (unpaired) electrons. The van der Waals surface area contributed by atoms with Crippen molar-refractivity contribution in [3.63, 3.8) is 0 Å². The zero-order valence-electron chi connectivity index (χ0n) is 15.6. The third kappa shape index (κ3) is 7.24. The van der Waals surface area contributed by atoms with E-state index in [1.54, 1.807) is 0 Å². The average Bonchev–Trinajstić information content (AvgIpc) is 2.59. The van der Waals surface area contributed by atoms with Gasteiger partial charge in [0.25, 0.3) is 0 Å². The molecule has 1 aromatic rings. The molecule has 5 nitrogen and oxygen atoms in total. The molecular formula is C19H31BrN4O. The number of nitrogens with one attached hydrogen (secondary N) is 2. The number of halogens is 1. The Kier molecular flexibility index (Phi) is 8.55. The zero-order valence-corrected chi connectivity index (χ0v) is 17.2. The van der Waals surface area contributed by atoms with Gasteiger partial charge in [-0.15, -0.1) is 0 Å². The first kappa shape index (κ1) is 20.0. The van der Waals surface area contributed by atoms with Gasteiger partial charge in [0.05, 0.1) is 6.54 Å². The van der Waals surface area contributed by atoms with Crippen LogP contribution in [0.15, 0.2) is 33.7 Å². The summed E-state index contributed by atoms with van der Waals surface area (Å²) in [6.07, 6.45) is 2.33. The molecule has 0 bridgehead atoms. The molecule has 2 rings (SSSR count). The van der Waals surface area contributed by atoms with Gasteiger partial charge in [-0.1, -0.05) is 22.0 Å². The lowest BCUT2D eigenvalue weighted by Gasteiger charge is -2.35. The van der Waals surface area contributed by atoms with Crippen LogP contribution < -0.4 is 15.4 Å². The minimum atomic E-state index is 0.499. The molecule has 0 unspecified atom stereocenters. The fourth-order valence-electron chi connectivity index (χ4n) is 2.95. The number of rotatable bonds is 7. The number of hydrogen-bond donors (Lipinski definition) is 2. The van der Waals surface area contributed by atoms with Gasteiger partial charge in [0.1, 0.15) is 12.4 Å². The number of ether oxygens (including phenoxy) is 1. The molecule has 0 spiro atoms.